The molecule has 7 aromatic carbocycles. The fourth-order valence-corrected chi connectivity index (χ4v) is 8.65. The van der Waals surface area contributed by atoms with Crippen LogP contribution in [0.4, 0.5) is 0 Å². The van der Waals surface area contributed by atoms with Crippen LogP contribution in [0, 0.1) is 0 Å². The number of hydrogen-bond donors (Lipinski definition) is 0. The summed E-state index contributed by atoms with van der Waals surface area (Å²) in [6.45, 7) is 0. The van der Waals surface area contributed by atoms with Gasteiger partial charge in [0.05, 0.1) is 16.4 Å². The molecule has 1 unspecified atom stereocenters. The summed E-state index contributed by atoms with van der Waals surface area (Å²) in [5.74, 6) is 0.922. The molecule has 9 aromatic rings. The van der Waals surface area contributed by atoms with Crippen molar-refractivity contribution >= 4 is 45.1 Å². The van der Waals surface area contributed by atoms with Crippen molar-refractivity contribution in [3.05, 3.63) is 191 Å². The van der Waals surface area contributed by atoms with E-state index in [9.17, 15) is 0 Å². The summed E-state index contributed by atoms with van der Waals surface area (Å²) in [5.41, 5.74) is 15.3. The second kappa shape index (κ2) is 9.79. The van der Waals surface area contributed by atoms with Gasteiger partial charge >= 0.3 is 0 Å². The number of aromatic nitrogens is 2. The second-order valence-electron chi connectivity index (χ2n) is 13.1. The van der Waals surface area contributed by atoms with Gasteiger partial charge in [-0.15, -0.1) is 0 Å². The van der Waals surface area contributed by atoms with Crippen LogP contribution in [0.2, 0.25) is 0 Å². The molecule has 11 rings (SSSR count). The van der Waals surface area contributed by atoms with Crippen molar-refractivity contribution in [2.24, 2.45) is 0 Å². The Kier molecular flexibility index (Phi) is 5.31. The number of nitrogens with zero attached hydrogens (tertiary/aromatic N) is 2. The molecule has 3 nitrogen and oxygen atoms in total. The maximum absolute atomic E-state index is 6.76. The molecule has 49 heavy (non-hydrogen) atoms. The summed E-state index contributed by atoms with van der Waals surface area (Å²) in [4.78, 5) is 5.27. The van der Waals surface area contributed by atoms with Crippen LogP contribution < -0.4 is 0 Å². The Labute approximate surface area is 283 Å². The molecule has 1 spiro atoms. The summed E-state index contributed by atoms with van der Waals surface area (Å²) in [6.07, 6.45) is 4.56. The van der Waals surface area contributed by atoms with E-state index >= 15 is 0 Å². The lowest BCUT2D eigenvalue weighted by molar-refractivity contribution is 0.669. The quantitative estimate of drug-likeness (QED) is 0.192. The lowest BCUT2D eigenvalue weighted by Gasteiger charge is -2.35. The second-order valence-corrected chi connectivity index (χ2v) is 13.1. The fraction of sp³-hybridized carbons (Fsp3) is 0.0217. The third-order valence-corrected chi connectivity index (χ3v) is 10.6. The Balaban J connectivity index is 1.28. The number of benzene rings is 7. The molecule has 0 bridgehead atoms. The maximum Gasteiger partial charge on any atom is 0.145 e. The number of para-hydroxylation sites is 4. The predicted octanol–water partition coefficient (Wildman–Crippen LogP) is 11.4. The zero-order valence-corrected chi connectivity index (χ0v) is 26.5. The van der Waals surface area contributed by atoms with E-state index in [1.54, 1.807) is 0 Å². The summed E-state index contributed by atoms with van der Waals surface area (Å²) in [5, 5.41) is 2.29. The highest BCUT2D eigenvalue weighted by Crippen LogP contribution is 2.60. The van der Waals surface area contributed by atoms with E-state index in [4.69, 9.17) is 9.40 Å². The molecule has 2 heterocycles. The van der Waals surface area contributed by atoms with Crippen molar-refractivity contribution in [2.75, 3.05) is 0 Å². The highest BCUT2D eigenvalue weighted by molar-refractivity contribution is 6.12. The first-order valence-corrected chi connectivity index (χ1v) is 16.8. The van der Waals surface area contributed by atoms with Crippen LogP contribution in [-0.2, 0) is 5.41 Å². The Hall–Kier alpha value is -6.45. The van der Waals surface area contributed by atoms with Crippen molar-refractivity contribution in [1.82, 2.24) is 9.55 Å². The normalized spacial score (nSPS) is 15.8. The Morgan fingerprint density at radius 2 is 1.27 bits per heavy atom. The molecule has 2 aliphatic carbocycles. The van der Waals surface area contributed by atoms with E-state index in [1.807, 2.05) is 6.07 Å². The largest absolute Gasteiger partial charge is 0.455 e. The average Bonchev–Trinajstić information content (AvgIpc) is 3.80. The topological polar surface area (TPSA) is 31.0 Å². The smallest absolute Gasteiger partial charge is 0.145 e. The number of hydrogen-bond acceptors (Lipinski definition) is 2. The molecule has 3 heteroatoms. The lowest BCUT2D eigenvalue weighted by Crippen LogP contribution is -2.30. The van der Waals surface area contributed by atoms with Gasteiger partial charge in [-0.1, -0.05) is 133 Å². The molecule has 0 amide bonds. The van der Waals surface area contributed by atoms with Crippen LogP contribution in [0.25, 0.3) is 73.3 Å². The van der Waals surface area contributed by atoms with E-state index < -0.39 is 5.41 Å². The van der Waals surface area contributed by atoms with Crippen LogP contribution in [-0.4, -0.2) is 9.55 Å². The molecular weight excluding hydrogens is 597 g/mol. The fourth-order valence-electron chi connectivity index (χ4n) is 8.65. The minimum Gasteiger partial charge on any atom is -0.455 e. The predicted molar refractivity (Wildman–Crippen MR) is 200 cm³/mol. The van der Waals surface area contributed by atoms with E-state index in [2.05, 4.69) is 168 Å². The van der Waals surface area contributed by atoms with Gasteiger partial charge in [0.15, 0.2) is 0 Å². The summed E-state index contributed by atoms with van der Waals surface area (Å²) in [7, 11) is 0. The van der Waals surface area contributed by atoms with Crippen LogP contribution in [0.1, 0.15) is 33.4 Å². The number of furan rings is 1. The average molecular weight is 625 g/mol. The van der Waals surface area contributed by atoms with Crippen LogP contribution in [0.15, 0.2) is 162 Å². The third kappa shape index (κ3) is 3.49. The van der Waals surface area contributed by atoms with Gasteiger partial charge in [0, 0.05) is 27.6 Å². The van der Waals surface area contributed by atoms with Gasteiger partial charge in [-0.05, 0) is 75.3 Å². The molecule has 0 saturated carbocycles. The first-order chi connectivity index (χ1) is 24.3. The zero-order valence-electron chi connectivity index (χ0n) is 26.5. The van der Waals surface area contributed by atoms with E-state index in [0.29, 0.717) is 0 Å². The molecule has 0 aliphatic heterocycles. The Bertz CT molecular complexity index is 2840. The van der Waals surface area contributed by atoms with Crippen molar-refractivity contribution < 1.29 is 4.42 Å². The number of fused-ring (bicyclic) bond motifs is 14. The van der Waals surface area contributed by atoms with Gasteiger partial charge in [-0.25, -0.2) is 4.98 Å². The molecule has 0 radical (unpaired) electrons. The third-order valence-electron chi connectivity index (χ3n) is 10.6. The number of imidazole rings is 1. The SMILES string of the molecule is C1=Cc2ccc(-c3nc4ccccc4n3-c3ccccc3)cc2C2(c3ccccc31)c1ccccc1-c1c2ccc2c1oc1ccccc12. The standard InChI is InChI=1S/C46H28N2O/c1-2-13-32(14-3-1)48-41-20-10-9-19-40(41)47-45(48)31-25-24-30-23-22-29-12-4-7-17-36(29)46(39(30)28-31)37-18-8-5-16-35(37)43-38(46)27-26-34-33-15-6-11-21-42(33)49-44(34)43/h1-28H. The number of rotatable bonds is 2. The molecule has 2 aliphatic rings. The van der Waals surface area contributed by atoms with Gasteiger partial charge in [0.2, 0.25) is 0 Å². The molecule has 0 fully saturated rings. The summed E-state index contributed by atoms with van der Waals surface area (Å²) >= 11 is 0. The van der Waals surface area contributed by atoms with E-state index in [1.165, 1.54) is 44.5 Å². The summed E-state index contributed by atoms with van der Waals surface area (Å²) in [6, 6.07) is 56.7. The van der Waals surface area contributed by atoms with Crippen LogP contribution >= 0.6 is 0 Å². The van der Waals surface area contributed by atoms with E-state index in [-0.39, 0.29) is 0 Å². The van der Waals surface area contributed by atoms with Crippen molar-refractivity contribution in [1.29, 1.82) is 0 Å². The monoisotopic (exact) mass is 624 g/mol. The lowest BCUT2D eigenvalue weighted by atomic mass is 9.65. The van der Waals surface area contributed by atoms with Crippen molar-refractivity contribution in [3.63, 3.8) is 0 Å². The van der Waals surface area contributed by atoms with E-state index in [0.717, 1.165) is 50.0 Å². The molecule has 0 saturated heterocycles. The summed E-state index contributed by atoms with van der Waals surface area (Å²) < 4.78 is 9.05. The zero-order chi connectivity index (χ0) is 32.1. The van der Waals surface area contributed by atoms with Gasteiger partial charge in [0.1, 0.15) is 17.0 Å². The minimum atomic E-state index is -0.589. The molecule has 2 aromatic heterocycles. The molecular formula is C46H28N2O. The Morgan fingerprint density at radius 3 is 2.18 bits per heavy atom. The van der Waals surface area contributed by atoms with Gasteiger partial charge < -0.3 is 4.42 Å². The molecule has 0 N–H and O–H groups in total. The van der Waals surface area contributed by atoms with Crippen LogP contribution in [0.5, 0.6) is 0 Å². The minimum absolute atomic E-state index is 0.589. The van der Waals surface area contributed by atoms with Crippen molar-refractivity contribution in [3.8, 4) is 28.2 Å². The van der Waals surface area contributed by atoms with Gasteiger partial charge in [-0.2, -0.15) is 0 Å². The molecule has 228 valence electrons. The van der Waals surface area contributed by atoms with Gasteiger partial charge in [-0.3, -0.25) is 4.57 Å². The first-order valence-electron chi connectivity index (χ1n) is 16.8. The van der Waals surface area contributed by atoms with Gasteiger partial charge in [0.25, 0.3) is 0 Å². The first kappa shape index (κ1) is 26.6. The maximum atomic E-state index is 6.76. The highest BCUT2D eigenvalue weighted by Gasteiger charge is 2.49. The molecule has 1 atom stereocenters. The highest BCUT2D eigenvalue weighted by atomic mass is 16.3. The van der Waals surface area contributed by atoms with Crippen LogP contribution in [0.3, 0.4) is 0 Å². The Morgan fingerprint density at radius 1 is 0.531 bits per heavy atom. The van der Waals surface area contributed by atoms with Crippen molar-refractivity contribution in [2.45, 2.75) is 5.41 Å².